The number of thiazole rings is 1. The van der Waals surface area contributed by atoms with Crippen molar-refractivity contribution >= 4 is 43.8 Å². The first-order valence-electron chi connectivity index (χ1n) is 10.6. The van der Waals surface area contributed by atoms with Crippen LogP contribution in [0.4, 0.5) is 13.9 Å². The van der Waals surface area contributed by atoms with Crippen LogP contribution in [-0.2, 0) is 14.6 Å². The van der Waals surface area contributed by atoms with Gasteiger partial charge in [0, 0.05) is 11.6 Å². The van der Waals surface area contributed by atoms with Crippen LogP contribution >= 0.6 is 22.9 Å². The summed E-state index contributed by atoms with van der Waals surface area (Å²) in [6.07, 6.45) is 4.03. The standard InChI is InChI=1S/C23H21ClF2N2O4S2/c24-20-13-27-23(33-20)28-22(29)21(32-19-11-8-15(25)12-18(19)26)14-6-9-17(10-7-14)34(30,31)16-4-2-1-3-5-16/h6-13,16,21H,1-5H2,(H,27,28,29). The number of sulfone groups is 1. The van der Waals surface area contributed by atoms with Gasteiger partial charge in [0.1, 0.15) is 10.2 Å². The van der Waals surface area contributed by atoms with Gasteiger partial charge in [-0.3, -0.25) is 10.1 Å². The Labute approximate surface area is 204 Å². The summed E-state index contributed by atoms with van der Waals surface area (Å²) in [5.41, 5.74) is 0.284. The fourth-order valence-corrected chi connectivity index (χ4v) is 6.52. The Hall–Kier alpha value is -2.56. The number of carbonyl (C=O) groups is 1. The van der Waals surface area contributed by atoms with E-state index in [0.29, 0.717) is 23.2 Å². The van der Waals surface area contributed by atoms with Gasteiger partial charge in [-0.15, -0.1) is 0 Å². The Morgan fingerprint density at radius 2 is 1.82 bits per heavy atom. The summed E-state index contributed by atoms with van der Waals surface area (Å²) < 4.78 is 59.5. The number of ether oxygens (including phenoxy) is 1. The summed E-state index contributed by atoms with van der Waals surface area (Å²) >= 11 is 6.89. The molecule has 1 atom stereocenters. The van der Waals surface area contributed by atoms with E-state index in [-0.39, 0.29) is 21.3 Å². The Morgan fingerprint density at radius 1 is 1.12 bits per heavy atom. The predicted molar refractivity (Wildman–Crippen MR) is 126 cm³/mol. The number of anilines is 1. The topological polar surface area (TPSA) is 85.4 Å². The summed E-state index contributed by atoms with van der Waals surface area (Å²) in [6.45, 7) is 0. The monoisotopic (exact) mass is 526 g/mol. The van der Waals surface area contributed by atoms with Gasteiger partial charge in [0.25, 0.3) is 5.91 Å². The number of halogens is 3. The third-order valence-corrected chi connectivity index (χ3v) is 8.90. The summed E-state index contributed by atoms with van der Waals surface area (Å²) in [4.78, 5) is 17.1. The molecule has 1 heterocycles. The van der Waals surface area contributed by atoms with Gasteiger partial charge >= 0.3 is 0 Å². The Balaban J connectivity index is 1.62. The Kier molecular flexibility index (Phi) is 7.49. The molecule has 4 rings (SSSR count). The van der Waals surface area contributed by atoms with Crippen molar-refractivity contribution in [3.63, 3.8) is 0 Å². The normalized spacial score (nSPS) is 15.6. The van der Waals surface area contributed by atoms with Crippen molar-refractivity contribution in [1.29, 1.82) is 0 Å². The lowest BCUT2D eigenvalue weighted by molar-refractivity contribution is -0.123. The van der Waals surface area contributed by atoms with Crippen molar-refractivity contribution in [2.45, 2.75) is 48.4 Å². The van der Waals surface area contributed by atoms with E-state index in [1.54, 1.807) is 0 Å². The smallest absolute Gasteiger partial charge is 0.271 e. The number of hydrogen-bond acceptors (Lipinski definition) is 6. The lowest BCUT2D eigenvalue weighted by Crippen LogP contribution is -2.26. The van der Waals surface area contributed by atoms with E-state index < -0.39 is 38.7 Å². The van der Waals surface area contributed by atoms with E-state index in [1.165, 1.54) is 30.5 Å². The molecule has 6 nitrogen and oxygen atoms in total. The van der Waals surface area contributed by atoms with E-state index in [2.05, 4.69) is 10.3 Å². The Morgan fingerprint density at radius 3 is 2.44 bits per heavy atom. The largest absolute Gasteiger partial charge is 0.473 e. The molecule has 0 aliphatic heterocycles. The maximum absolute atomic E-state index is 14.2. The zero-order valence-corrected chi connectivity index (χ0v) is 20.2. The van der Waals surface area contributed by atoms with E-state index >= 15 is 0 Å². The molecule has 0 saturated heterocycles. The van der Waals surface area contributed by atoms with Crippen LogP contribution < -0.4 is 10.1 Å². The molecule has 1 aliphatic rings. The molecule has 180 valence electrons. The van der Waals surface area contributed by atoms with Crippen LogP contribution in [0.3, 0.4) is 0 Å². The second-order valence-corrected chi connectivity index (χ2v) is 11.8. The predicted octanol–water partition coefficient (Wildman–Crippen LogP) is 5.94. The number of nitrogens with one attached hydrogen (secondary N) is 1. The van der Waals surface area contributed by atoms with Crippen molar-refractivity contribution in [1.82, 2.24) is 4.98 Å². The molecule has 1 aliphatic carbocycles. The van der Waals surface area contributed by atoms with Crippen molar-refractivity contribution in [3.05, 3.63) is 70.2 Å². The van der Waals surface area contributed by atoms with Gasteiger partial charge in [0.05, 0.1) is 16.3 Å². The summed E-state index contributed by atoms with van der Waals surface area (Å²) in [6, 6.07) is 8.48. The molecular formula is C23H21ClF2N2O4S2. The van der Waals surface area contributed by atoms with E-state index in [1.807, 2.05) is 0 Å². The number of hydrogen-bond donors (Lipinski definition) is 1. The molecule has 11 heteroatoms. The van der Waals surface area contributed by atoms with Crippen molar-refractivity contribution < 1.29 is 26.7 Å². The summed E-state index contributed by atoms with van der Waals surface area (Å²) in [5, 5.41) is 2.34. The third-order valence-electron chi connectivity index (χ3n) is 5.59. The molecule has 1 amide bonds. The second-order valence-electron chi connectivity index (χ2n) is 7.91. The number of aromatic nitrogens is 1. The highest BCUT2D eigenvalue weighted by Crippen LogP contribution is 2.31. The highest BCUT2D eigenvalue weighted by atomic mass is 35.5. The van der Waals surface area contributed by atoms with Gasteiger partial charge in [-0.2, -0.15) is 0 Å². The zero-order valence-electron chi connectivity index (χ0n) is 17.8. The van der Waals surface area contributed by atoms with Crippen LogP contribution in [0.2, 0.25) is 4.34 Å². The minimum atomic E-state index is -3.51. The molecule has 1 unspecified atom stereocenters. The maximum atomic E-state index is 14.2. The van der Waals surface area contributed by atoms with Crippen LogP contribution in [-0.4, -0.2) is 24.6 Å². The minimum Gasteiger partial charge on any atom is -0.473 e. The van der Waals surface area contributed by atoms with E-state index in [4.69, 9.17) is 16.3 Å². The fourth-order valence-electron chi connectivity index (χ4n) is 3.85. The van der Waals surface area contributed by atoms with Gasteiger partial charge in [0.15, 0.2) is 26.5 Å². The highest BCUT2D eigenvalue weighted by Gasteiger charge is 2.30. The van der Waals surface area contributed by atoms with Gasteiger partial charge in [0.2, 0.25) is 6.10 Å². The van der Waals surface area contributed by atoms with Crippen molar-refractivity contribution in [2.24, 2.45) is 0 Å². The molecule has 1 aromatic heterocycles. The van der Waals surface area contributed by atoms with Crippen LogP contribution in [0.1, 0.15) is 43.8 Å². The van der Waals surface area contributed by atoms with E-state index in [0.717, 1.165) is 42.7 Å². The van der Waals surface area contributed by atoms with E-state index in [9.17, 15) is 22.0 Å². The van der Waals surface area contributed by atoms with Crippen molar-refractivity contribution in [2.75, 3.05) is 5.32 Å². The molecule has 2 aromatic carbocycles. The first kappa shape index (κ1) is 24.6. The maximum Gasteiger partial charge on any atom is 0.271 e. The average Bonchev–Trinajstić information content (AvgIpc) is 3.23. The number of amides is 1. The Bertz CT molecular complexity index is 1280. The van der Waals surface area contributed by atoms with Crippen LogP contribution in [0.5, 0.6) is 5.75 Å². The van der Waals surface area contributed by atoms with Crippen LogP contribution in [0.25, 0.3) is 0 Å². The molecule has 1 fully saturated rings. The number of rotatable bonds is 7. The minimum absolute atomic E-state index is 0.155. The highest BCUT2D eigenvalue weighted by molar-refractivity contribution is 7.92. The molecular weight excluding hydrogens is 506 g/mol. The molecule has 1 N–H and O–H groups in total. The SMILES string of the molecule is O=C(Nc1ncc(Cl)s1)C(Oc1ccc(F)cc1F)c1ccc(S(=O)(=O)C2CCCCC2)cc1. The molecule has 0 bridgehead atoms. The molecule has 3 aromatic rings. The number of benzene rings is 2. The first-order valence-corrected chi connectivity index (χ1v) is 13.4. The number of nitrogens with zero attached hydrogens (tertiary/aromatic N) is 1. The zero-order chi connectivity index (χ0) is 24.3. The third kappa shape index (κ3) is 5.56. The summed E-state index contributed by atoms with van der Waals surface area (Å²) in [5.74, 6) is -2.79. The lowest BCUT2D eigenvalue weighted by Gasteiger charge is -2.22. The van der Waals surface area contributed by atoms with Gasteiger partial charge < -0.3 is 4.74 Å². The molecule has 1 saturated carbocycles. The van der Waals surface area contributed by atoms with Crippen LogP contribution in [0, 0.1) is 11.6 Å². The fraction of sp³-hybridized carbons (Fsp3) is 0.304. The molecule has 0 radical (unpaired) electrons. The van der Waals surface area contributed by atoms with Crippen LogP contribution in [0.15, 0.2) is 53.6 Å². The lowest BCUT2D eigenvalue weighted by atomic mass is 10.0. The van der Waals surface area contributed by atoms with Gasteiger partial charge in [-0.05, 0) is 37.1 Å². The van der Waals surface area contributed by atoms with Gasteiger partial charge in [-0.1, -0.05) is 54.3 Å². The molecule has 0 spiro atoms. The summed E-state index contributed by atoms with van der Waals surface area (Å²) in [7, 11) is -3.51. The quantitative estimate of drug-likeness (QED) is 0.412. The average molecular weight is 527 g/mol. The van der Waals surface area contributed by atoms with Crippen molar-refractivity contribution in [3.8, 4) is 5.75 Å². The number of carbonyl (C=O) groups excluding carboxylic acids is 1. The second kappa shape index (κ2) is 10.4. The first-order chi connectivity index (χ1) is 16.2. The molecule has 34 heavy (non-hydrogen) atoms. The van der Waals surface area contributed by atoms with Gasteiger partial charge in [-0.25, -0.2) is 22.2 Å².